The van der Waals surface area contributed by atoms with Crippen LogP contribution in [0.4, 0.5) is 5.13 Å². The number of carbonyl (C=O) groups is 1. The molecule has 0 aliphatic heterocycles. The van der Waals surface area contributed by atoms with E-state index in [2.05, 4.69) is 24.1 Å². The van der Waals surface area contributed by atoms with Crippen molar-refractivity contribution < 1.29 is 4.79 Å². The number of nitrogens with zero attached hydrogens (tertiary/aromatic N) is 1. The quantitative estimate of drug-likeness (QED) is 0.879. The van der Waals surface area contributed by atoms with E-state index in [1.165, 1.54) is 11.3 Å². The van der Waals surface area contributed by atoms with Crippen LogP contribution in [-0.4, -0.2) is 10.9 Å². The van der Waals surface area contributed by atoms with E-state index in [1.54, 1.807) is 6.20 Å². The first-order valence-electron chi connectivity index (χ1n) is 6.52. The normalized spacial score (nSPS) is 12.4. The van der Waals surface area contributed by atoms with Crippen LogP contribution in [0.2, 0.25) is 5.02 Å². The smallest absolute Gasteiger partial charge is 0.233 e. The van der Waals surface area contributed by atoms with Crippen molar-refractivity contribution in [3.05, 3.63) is 46.4 Å². The van der Waals surface area contributed by atoms with Gasteiger partial charge >= 0.3 is 0 Å². The van der Waals surface area contributed by atoms with Crippen molar-refractivity contribution in [1.82, 2.24) is 4.98 Å². The average molecular weight is 309 g/mol. The number of hydrogen-bond donors (Lipinski definition) is 1. The van der Waals surface area contributed by atoms with E-state index < -0.39 is 0 Å². The summed E-state index contributed by atoms with van der Waals surface area (Å²) in [6.45, 7) is 4.22. The van der Waals surface area contributed by atoms with E-state index in [1.807, 2.05) is 29.6 Å². The number of thiazole rings is 1. The SMILES string of the molecule is CC(C)C[C@H](C(=O)Nc1nccs1)c1ccc(Cl)cc1. The summed E-state index contributed by atoms with van der Waals surface area (Å²) in [7, 11) is 0. The van der Waals surface area contributed by atoms with Crippen molar-refractivity contribution in [2.75, 3.05) is 5.32 Å². The second-order valence-electron chi connectivity index (χ2n) is 5.06. The number of anilines is 1. The lowest BCUT2D eigenvalue weighted by Gasteiger charge is -2.18. The van der Waals surface area contributed by atoms with Gasteiger partial charge in [-0.1, -0.05) is 37.6 Å². The van der Waals surface area contributed by atoms with E-state index in [0.717, 1.165) is 12.0 Å². The van der Waals surface area contributed by atoms with E-state index in [0.29, 0.717) is 16.1 Å². The number of rotatable bonds is 5. The highest BCUT2D eigenvalue weighted by molar-refractivity contribution is 7.13. The molecule has 0 saturated carbocycles. The molecule has 0 saturated heterocycles. The first kappa shape index (κ1) is 15.0. The average Bonchev–Trinajstić information content (AvgIpc) is 2.89. The fraction of sp³-hybridized carbons (Fsp3) is 0.333. The van der Waals surface area contributed by atoms with Gasteiger partial charge in [0.15, 0.2) is 5.13 Å². The van der Waals surface area contributed by atoms with E-state index in [-0.39, 0.29) is 11.8 Å². The summed E-state index contributed by atoms with van der Waals surface area (Å²) in [4.78, 5) is 16.5. The summed E-state index contributed by atoms with van der Waals surface area (Å²) in [5.74, 6) is 0.227. The molecule has 0 aliphatic rings. The number of amides is 1. The Balaban J connectivity index is 2.18. The largest absolute Gasteiger partial charge is 0.301 e. The van der Waals surface area contributed by atoms with E-state index >= 15 is 0 Å². The molecule has 20 heavy (non-hydrogen) atoms. The van der Waals surface area contributed by atoms with Crippen LogP contribution in [-0.2, 0) is 4.79 Å². The minimum Gasteiger partial charge on any atom is -0.301 e. The number of hydrogen-bond acceptors (Lipinski definition) is 3. The number of benzene rings is 1. The molecule has 1 atom stereocenters. The predicted octanol–water partition coefficient (Wildman–Crippen LogP) is 4.56. The van der Waals surface area contributed by atoms with Crippen molar-refractivity contribution in [2.45, 2.75) is 26.2 Å². The molecule has 0 fully saturated rings. The Bertz CT molecular complexity index is 552. The predicted molar refractivity (Wildman–Crippen MR) is 84.4 cm³/mol. The first-order chi connectivity index (χ1) is 9.56. The molecule has 1 aromatic carbocycles. The van der Waals surface area contributed by atoms with Crippen LogP contribution >= 0.6 is 22.9 Å². The Morgan fingerprint density at radius 2 is 2.05 bits per heavy atom. The van der Waals surface area contributed by atoms with Gasteiger partial charge in [0.1, 0.15) is 0 Å². The van der Waals surface area contributed by atoms with E-state index in [9.17, 15) is 4.79 Å². The molecule has 1 N–H and O–H groups in total. The molecule has 0 aliphatic carbocycles. The number of nitrogens with one attached hydrogen (secondary N) is 1. The van der Waals surface area contributed by atoms with Crippen molar-refractivity contribution in [1.29, 1.82) is 0 Å². The van der Waals surface area contributed by atoms with Crippen molar-refractivity contribution in [2.24, 2.45) is 5.92 Å². The molecule has 2 aromatic rings. The third-order valence-corrected chi connectivity index (χ3v) is 3.90. The Labute approximate surface area is 128 Å². The number of carbonyl (C=O) groups excluding carboxylic acids is 1. The Morgan fingerprint density at radius 1 is 1.35 bits per heavy atom. The molecule has 0 unspecified atom stereocenters. The summed E-state index contributed by atoms with van der Waals surface area (Å²) in [5.41, 5.74) is 0.983. The summed E-state index contributed by atoms with van der Waals surface area (Å²) < 4.78 is 0. The van der Waals surface area contributed by atoms with Gasteiger partial charge < -0.3 is 5.32 Å². The van der Waals surface area contributed by atoms with Gasteiger partial charge in [-0.15, -0.1) is 11.3 Å². The second-order valence-corrected chi connectivity index (χ2v) is 6.39. The summed E-state index contributed by atoms with van der Waals surface area (Å²) in [6.07, 6.45) is 2.47. The highest BCUT2D eigenvalue weighted by Gasteiger charge is 2.22. The third-order valence-electron chi connectivity index (χ3n) is 2.96. The first-order valence-corrected chi connectivity index (χ1v) is 7.78. The minimum absolute atomic E-state index is 0.0176. The lowest BCUT2D eigenvalue weighted by atomic mass is 9.89. The van der Waals surface area contributed by atoms with Gasteiger partial charge in [0.2, 0.25) is 5.91 Å². The van der Waals surface area contributed by atoms with Crippen molar-refractivity contribution in [3.8, 4) is 0 Å². The topological polar surface area (TPSA) is 42.0 Å². The molecule has 5 heteroatoms. The highest BCUT2D eigenvalue weighted by Crippen LogP contribution is 2.27. The van der Waals surface area contributed by atoms with Gasteiger partial charge in [-0.2, -0.15) is 0 Å². The van der Waals surface area contributed by atoms with E-state index in [4.69, 9.17) is 11.6 Å². The summed E-state index contributed by atoms with van der Waals surface area (Å²) >= 11 is 7.33. The highest BCUT2D eigenvalue weighted by atomic mass is 35.5. The van der Waals surface area contributed by atoms with Crippen LogP contribution < -0.4 is 5.32 Å². The molecule has 0 radical (unpaired) electrons. The zero-order valence-electron chi connectivity index (χ0n) is 11.5. The molecular weight excluding hydrogens is 292 g/mol. The van der Waals surface area contributed by atoms with Crippen LogP contribution in [0.5, 0.6) is 0 Å². The van der Waals surface area contributed by atoms with Crippen molar-refractivity contribution >= 4 is 34.0 Å². The minimum atomic E-state index is -0.184. The molecule has 106 valence electrons. The fourth-order valence-electron chi connectivity index (χ4n) is 2.04. The maximum Gasteiger partial charge on any atom is 0.233 e. The van der Waals surface area contributed by atoms with Gasteiger partial charge in [-0.3, -0.25) is 4.79 Å². The second kappa shape index (κ2) is 6.86. The molecule has 1 amide bonds. The maximum atomic E-state index is 12.5. The Kier molecular flexibility index (Phi) is 5.15. The standard InChI is InChI=1S/C15H17ClN2OS/c1-10(2)9-13(11-3-5-12(16)6-4-11)14(19)18-15-17-7-8-20-15/h3-8,10,13H,9H2,1-2H3,(H,17,18,19)/t13-/m0/s1. The molecule has 1 heterocycles. The monoisotopic (exact) mass is 308 g/mol. The number of aromatic nitrogens is 1. The lowest BCUT2D eigenvalue weighted by Crippen LogP contribution is -2.22. The van der Waals surface area contributed by atoms with Crippen LogP contribution in [0.15, 0.2) is 35.8 Å². The summed E-state index contributed by atoms with van der Waals surface area (Å²) in [5, 5.41) is 6.03. The molecule has 1 aromatic heterocycles. The molecular formula is C15H17ClN2OS. The van der Waals surface area contributed by atoms with Crippen LogP contribution in [0.1, 0.15) is 31.7 Å². The Morgan fingerprint density at radius 3 is 2.60 bits per heavy atom. The van der Waals surface area contributed by atoms with Gasteiger partial charge in [-0.25, -0.2) is 4.98 Å². The van der Waals surface area contributed by atoms with Crippen LogP contribution in [0.3, 0.4) is 0 Å². The molecule has 2 rings (SSSR count). The molecule has 0 bridgehead atoms. The zero-order valence-corrected chi connectivity index (χ0v) is 13.0. The fourth-order valence-corrected chi connectivity index (χ4v) is 2.70. The van der Waals surface area contributed by atoms with Crippen LogP contribution in [0, 0.1) is 5.92 Å². The Hall–Kier alpha value is -1.39. The summed E-state index contributed by atoms with van der Waals surface area (Å²) in [6, 6.07) is 7.47. The van der Waals surface area contributed by atoms with Crippen molar-refractivity contribution in [3.63, 3.8) is 0 Å². The van der Waals surface area contributed by atoms with Gasteiger partial charge in [0, 0.05) is 16.6 Å². The number of halogens is 1. The van der Waals surface area contributed by atoms with Gasteiger partial charge in [0.25, 0.3) is 0 Å². The maximum absolute atomic E-state index is 12.5. The molecule has 3 nitrogen and oxygen atoms in total. The lowest BCUT2D eigenvalue weighted by molar-refractivity contribution is -0.117. The third kappa shape index (κ3) is 4.05. The van der Waals surface area contributed by atoms with Gasteiger partial charge in [-0.05, 0) is 30.0 Å². The van der Waals surface area contributed by atoms with Crippen LogP contribution in [0.25, 0.3) is 0 Å². The zero-order chi connectivity index (χ0) is 14.5. The molecule has 0 spiro atoms. The van der Waals surface area contributed by atoms with Gasteiger partial charge in [0.05, 0.1) is 5.92 Å².